The molecule has 202 valence electrons. The first kappa shape index (κ1) is 26.4. The molecule has 2 heterocycles. The topological polar surface area (TPSA) is 114 Å². The molecule has 3 aromatic carbocycles. The Balaban J connectivity index is 1.45. The number of aliphatic hydroxyl groups excluding tert-OH is 1. The van der Waals surface area contributed by atoms with Gasteiger partial charge < -0.3 is 15.2 Å². The average molecular weight is 559 g/mol. The fraction of sp³-hybridized carbons (Fsp3) is 0.154. The van der Waals surface area contributed by atoms with E-state index < -0.39 is 34.0 Å². The number of aromatic nitrogens is 2. The number of methoxy groups -OCH3 is 1. The summed E-state index contributed by atoms with van der Waals surface area (Å²) in [7, 11) is -1.19. The zero-order valence-corrected chi connectivity index (χ0v) is 21.3. The van der Waals surface area contributed by atoms with Crippen LogP contribution >= 0.6 is 0 Å². The van der Waals surface area contributed by atoms with E-state index in [1.165, 1.54) is 56.6 Å². The highest BCUT2D eigenvalue weighted by atomic mass is 32.2. The van der Waals surface area contributed by atoms with E-state index in [0.717, 1.165) is 8.99 Å². The minimum Gasteiger partial charge on any atom is -0.497 e. The van der Waals surface area contributed by atoms with Gasteiger partial charge in [0.2, 0.25) is 10.0 Å². The molecule has 0 bridgehead atoms. The summed E-state index contributed by atoms with van der Waals surface area (Å²) in [6, 6.07) is 17.5. The zero-order chi connectivity index (χ0) is 28.1. The normalized spacial score (nSPS) is 16.6. The number of sulfonamides is 1. The molecular formula is C26H21F3N4O5S. The van der Waals surface area contributed by atoms with Crippen molar-refractivity contribution in [2.45, 2.75) is 17.3 Å². The number of anilines is 1. The number of hydrogen-bond donors (Lipinski definition) is 2. The molecular weight excluding hydrogens is 537 g/mol. The minimum atomic E-state index is -4.77. The molecule has 1 aliphatic rings. The number of alkyl halides is 3. The van der Waals surface area contributed by atoms with Crippen molar-refractivity contribution in [2.75, 3.05) is 19.5 Å². The summed E-state index contributed by atoms with van der Waals surface area (Å²) in [5.41, 5.74) is 0.00975. The number of nitrogens with one attached hydrogen (secondary N) is 1. The number of carbonyl (C=O) groups excluding carboxylic acids is 1. The second-order valence-corrected chi connectivity index (χ2v) is 10.6. The Hall–Kier alpha value is -4.20. The summed E-state index contributed by atoms with van der Waals surface area (Å²) in [6.45, 7) is 0. The largest absolute Gasteiger partial charge is 0.497 e. The van der Waals surface area contributed by atoms with Gasteiger partial charge >= 0.3 is 6.18 Å². The van der Waals surface area contributed by atoms with Gasteiger partial charge in [0.25, 0.3) is 5.91 Å². The highest BCUT2D eigenvalue weighted by Gasteiger charge is 2.41. The number of halogens is 3. The second-order valence-electron chi connectivity index (χ2n) is 8.67. The van der Waals surface area contributed by atoms with Crippen molar-refractivity contribution in [1.29, 1.82) is 0 Å². The van der Waals surface area contributed by atoms with Crippen LogP contribution < -0.4 is 10.1 Å². The fourth-order valence-electron chi connectivity index (χ4n) is 4.27. The Morgan fingerprint density at radius 3 is 2.33 bits per heavy atom. The average Bonchev–Trinajstić information content (AvgIpc) is 3.45. The third kappa shape index (κ3) is 4.64. The Labute approximate surface area is 221 Å². The van der Waals surface area contributed by atoms with Crippen molar-refractivity contribution < 1.29 is 36.2 Å². The Morgan fingerprint density at radius 2 is 1.72 bits per heavy atom. The summed E-state index contributed by atoms with van der Waals surface area (Å²) in [6.07, 6.45) is -6.08. The van der Waals surface area contributed by atoms with Gasteiger partial charge in [-0.05, 0) is 42.0 Å². The third-order valence-corrected chi connectivity index (χ3v) is 8.24. The van der Waals surface area contributed by atoms with Crippen molar-refractivity contribution in [3.8, 4) is 22.6 Å². The van der Waals surface area contributed by atoms with E-state index in [2.05, 4.69) is 10.4 Å². The van der Waals surface area contributed by atoms with Gasteiger partial charge in [-0.1, -0.05) is 30.3 Å². The van der Waals surface area contributed by atoms with Gasteiger partial charge in [0, 0.05) is 29.9 Å². The van der Waals surface area contributed by atoms with Crippen molar-refractivity contribution >= 4 is 21.6 Å². The quantitative estimate of drug-likeness (QED) is 0.374. The minimum absolute atomic E-state index is 0.0140. The molecule has 2 N–H and O–H groups in total. The van der Waals surface area contributed by atoms with E-state index in [1.807, 2.05) is 0 Å². The number of rotatable bonds is 5. The van der Waals surface area contributed by atoms with Crippen LogP contribution in [-0.2, 0) is 16.2 Å². The Bertz CT molecular complexity index is 1670. The SMILES string of the molecule is COc1ccc(-n2nc(C(F)(F)F)cc2C(=O)Nc2ccc(-c3cccc4c3S(=O)(=O)N(C)C4O)cc2)cc1. The highest BCUT2D eigenvalue weighted by molar-refractivity contribution is 7.89. The van der Waals surface area contributed by atoms with E-state index in [4.69, 9.17) is 4.74 Å². The molecule has 1 unspecified atom stereocenters. The van der Waals surface area contributed by atoms with Gasteiger partial charge in [0.15, 0.2) is 5.69 Å². The lowest BCUT2D eigenvalue weighted by Gasteiger charge is -2.12. The van der Waals surface area contributed by atoms with Crippen molar-refractivity contribution in [3.63, 3.8) is 0 Å². The summed E-state index contributed by atoms with van der Waals surface area (Å²) >= 11 is 0. The van der Waals surface area contributed by atoms with Crippen LogP contribution in [0.4, 0.5) is 18.9 Å². The molecule has 0 saturated carbocycles. The van der Waals surface area contributed by atoms with Gasteiger partial charge in [-0.3, -0.25) is 4.79 Å². The van der Waals surface area contributed by atoms with Crippen LogP contribution in [0.15, 0.2) is 77.7 Å². The maximum Gasteiger partial charge on any atom is 0.435 e. The van der Waals surface area contributed by atoms with E-state index in [-0.39, 0.29) is 27.5 Å². The van der Waals surface area contributed by atoms with Gasteiger partial charge in [0.05, 0.1) is 17.7 Å². The standard InChI is InChI=1S/C26H21F3N4O5S/c1-32-25(35)20-5-3-4-19(23(20)39(32,36)37)15-6-8-16(9-7-15)30-24(34)21-14-22(26(27,28)29)31-33(21)17-10-12-18(38-2)13-11-17/h3-14,25,35H,1-2H3,(H,30,34). The molecule has 39 heavy (non-hydrogen) atoms. The lowest BCUT2D eigenvalue weighted by atomic mass is 10.0. The summed E-state index contributed by atoms with van der Waals surface area (Å²) in [4.78, 5) is 13.0. The molecule has 5 rings (SSSR count). The smallest absolute Gasteiger partial charge is 0.435 e. The van der Waals surface area contributed by atoms with Crippen molar-refractivity contribution in [3.05, 3.63) is 89.7 Å². The first-order valence-corrected chi connectivity index (χ1v) is 12.9. The monoisotopic (exact) mass is 558 g/mol. The van der Waals surface area contributed by atoms with Crippen LogP contribution in [0, 0.1) is 0 Å². The zero-order valence-electron chi connectivity index (χ0n) is 20.5. The van der Waals surface area contributed by atoms with Gasteiger partial charge in [-0.25, -0.2) is 13.1 Å². The van der Waals surface area contributed by atoms with Crippen molar-refractivity contribution in [2.24, 2.45) is 0 Å². The number of carbonyl (C=O) groups is 1. The lowest BCUT2D eigenvalue weighted by molar-refractivity contribution is -0.141. The van der Waals surface area contributed by atoms with Crippen LogP contribution in [0.25, 0.3) is 16.8 Å². The molecule has 1 amide bonds. The molecule has 0 spiro atoms. The van der Waals surface area contributed by atoms with Crippen LogP contribution in [0.1, 0.15) is 28.0 Å². The number of ether oxygens (including phenoxy) is 1. The lowest BCUT2D eigenvalue weighted by Crippen LogP contribution is -2.23. The third-order valence-electron chi connectivity index (χ3n) is 6.31. The molecule has 1 aromatic heterocycles. The maximum atomic E-state index is 13.4. The summed E-state index contributed by atoms with van der Waals surface area (Å²) in [5.74, 6) is -0.361. The van der Waals surface area contributed by atoms with E-state index >= 15 is 0 Å². The van der Waals surface area contributed by atoms with Crippen LogP contribution in [0.5, 0.6) is 5.75 Å². The first-order chi connectivity index (χ1) is 18.4. The number of benzene rings is 3. The molecule has 0 aliphatic carbocycles. The van der Waals surface area contributed by atoms with Gasteiger partial charge in [-0.2, -0.15) is 22.6 Å². The fourth-order valence-corrected chi connectivity index (χ4v) is 5.87. The van der Waals surface area contributed by atoms with Crippen LogP contribution in [0.2, 0.25) is 0 Å². The number of fused-ring (bicyclic) bond motifs is 1. The number of nitrogens with zero attached hydrogens (tertiary/aromatic N) is 3. The summed E-state index contributed by atoms with van der Waals surface area (Å²) in [5, 5.41) is 16.5. The molecule has 0 saturated heterocycles. The molecule has 0 radical (unpaired) electrons. The van der Waals surface area contributed by atoms with Crippen LogP contribution in [0.3, 0.4) is 0 Å². The number of amides is 1. The summed E-state index contributed by atoms with van der Waals surface area (Å²) < 4.78 is 72.8. The Kier molecular flexibility index (Phi) is 6.45. The van der Waals surface area contributed by atoms with Gasteiger partial charge in [0.1, 0.15) is 17.7 Å². The van der Waals surface area contributed by atoms with Crippen LogP contribution in [-0.4, -0.2) is 47.7 Å². The molecule has 13 heteroatoms. The number of hydrogen-bond acceptors (Lipinski definition) is 6. The molecule has 4 aromatic rings. The second kappa shape index (κ2) is 9.52. The van der Waals surface area contributed by atoms with Crippen molar-refractivity contribution in [1.82, 2.24) is 14.1 Å². The molecule has 0 fully saturated rings. The van der Waals surface area contributed by atoms with E-state index in [0.29, 0.717) is 22.9 Å². The Morgan fingerprint density at radius 1 is 1.05 bits per heavy atom. The maximum absolute atomic E-state index is 13.4. The number of aliphatic hydroxyl groups is 1. The molecule has 1 atom stereocenters. The van der Waals surface area contributed by atoms with E-state index in [1.54, 1.807) is 24.3 Å². The highest BCUT2D eigenvalue weighted by Crippen LogP contribution is 2.42. The van der Waals surface area contributed by atoms with Gasteiger partial charge in [-0.15, -0.1) is 0 Å². The predicted molar refractivity (Wildman–Crippen MR) is 135 cm³/mol. The van der Waals surface area contributed by atoms with E-state index in [9.17, 15) is 31.5 Å². The molecule has 1 aliphatic heterocycles. The predicted octanol–water partition coefficient (Wildman–Crippen LogP) is 4.44. The molecule has 9 nitrogen and oxygen atoms in total. The first-order valence-electron chi connectivity index (χ1n) is 11.4.